The molecule has 1 fully saturated rings. The fourth-order valence-electron chi connectivity index (χ4n) is 1.20. The predicted molar refractivity (Wildman–Crippen MR) is 51.3 cm³/mol. The number of hydrogen-bond acceptors (Lipinski definition) is 3. The Kier molecular flexibility index (Phi) is 3.05. The maximum Gasteiger partial charge on any atom is 0.200 e. The SMILES string of the molecule is [B]C(=O)N[C@@H]1C[C@H](CN)NC1=S. The first kappa shape index (κ1) is 9.47. The van der Waals surface area contributed by atoms with Gasteiger partial charge in [0.25, 0.3) is 0 Å². The van der Waals surface area contributed by atoms with Gasteiger partial charge in [-0.1, -0.05) is 12.2 Å². The molecule has 1 heterocycles. The fourth-order valence-corrected chi connectivity index (χ4v) is 1.53. The van der Waals surface area contributed by atoms with E-state index in [1.54, 1.807) is 0 Å². The molecule has 2 radical (unpaired) electrons. The lowest BCUT2D eigenvalue weighted by Crippen LogP contribution is -2.38. The van der Waals surface area contributed by atoms with Crippen LogP contribution in [0.2, 0.25) is 0 Å². The first-order valence-corrected chi connectivity index (χ1v) is 4.10. The van der Waals surface area contributed by atoms with Crippen LogP contribution in [0.3, 0.4) is 0 Å². The third-order valence-corrected chi connectivity index (χ3v) is 2.19. The molecule has 1 aliphatic heterocycles. The molecule has 1 rings (SSSR count). The van der Waals surface area contributed by atoms with Crippen molar-refractivity contribution in [1.82, 2.24) is 10.6 Å². The summed E-state index contributed by atoms with van der Waals surface area (Å²) in [4.78, 5) is 11.1. The van der Waals surface area contributed by atoms with E-state index in [4.69, 9.17) is 25.8 Å². The van der Waals surface area contributed by atoms with Crippen molar-refractivity contribution in [2.75, 3.05) is 6.54 Å². The van der Waals surface area contributed by atoms with E-state index in [9.17, 15) is 4.79 Å². The van der Waals surface area contributed by atoms with Gasteiger partial charge in [-0.05, 0) is 6.42 Å². The smallest absolute Gasteiger partial charge is 0.200 e. The van der Waals surface area contributed by atoms with E-state index in [-0.39, 0.29) is 12.1 Å². The molecule has 2 atom stereocenters. The van der Waals surface area contributed by atoms with Crippen molar-refractivity contribution >= 4 is 30.9 Å². The number of carbonyl (C=O) groups excluding carboxylic acids is 1. The Morgan fingerprint density at radius 3 is 3.00 bits per heavy atom. The summed E-state index contributed by atoms with van der Waals surface area (Å²) in [5, 5.41) is 5.53. The summed E-state index contributed by atoms with van der Waals surface area (Å²) in [6.07, 6.45) is 0.721. The third kappa shape index (κ3) is 2.18. The molecule has 0 aromatic heterocycles. The number of nitrogens with one attached hydrogen (secondary N) is 2. The Hall–Kier alpha value is -0.615. The molecule has 64 valence electrons. The van der Waals surface area contributed by atoms with Gasteiger partial charge < -0.3 is 16.4 Å². The number of hydrogen-bond donors (Lipinski definition) is 3. The zero-order valence-electron chi connectivity index (χ0n) is 6.54. The van der Waals surface area contributed by atoms with Crippen molar-refractivity contribution in [2.45, 2.75) is 18.5 Å². The summed E-state index contributed by atoms with van der Waals surface area (Å²) in [6, 6.07) is 0.0143. The molecule has 12 heavy (non-hydrogen) atoms. The van der Waals surface area contributed by atoms with Gasteiger partial charge in [-0.25, -0.2) is 0 Å². The molecule has 0 spiro atoms. The summed E-state index contributed by atoms with van der Waals surface area (Å²) in [7, 11) is 4.95. The van der Waals surface area contributed by atoms with Crippen LogP contribution in [0.1, 0.15) is 6.42 Å². The van der Waals surface area contributed by atoms with Gasteiger partial charge in [0.05, 0.1) is 11.0 Å². The highest BCUT2D eigenvalue weighted by Crippen LogP contribution is 2.07. The Labute approximate surface area is 77.7 Å². The molecule has 4 N–H and O–H groups in total. The van der Waals surface area contributed by atoms with Crippen LogP contribution in [-0.2, 0) is 0 Å². The lowest BCUT2D eigenvalue weighted by Gasteiger charge is -2.08. The van der Waals surface area contributed by atoms with E-state index in [2.05, 4.69) is 10.6 Å². The molecule has 0 aromatic carbocycles. The minimum absolute atomic E-state index is 0.147. The summed E-state index contributed by atoms with van der Waals surface area (Å²) in [5.41, 5.74) is 5.42. The van der Waals surface area contributed by atoms with Gasteiger partial charge in [0.2, 0.25) is 7.85 Å². The highest BCUT2D eigenvalue weighted by Gasteiger charge is 2.27. The molecule has 1 aliphatic rings. The predicted octanol–water partition coefficient (Wildman–Crippen LogP) is -1.12. The van der Waals surface area contributed by atoms with Crippen LogP contribution in [0.15, 0.2) is 0 Å². The second-order valence-corrected chi connectivity index (χ2v) is 3.18. The van der Waals surface area contributed by atoms with Crippen molar-refractivity contribution in [2.24, 2.45) is 5.73 Å². The lowest BCUT2D eigenvalue weighted by molar-refractivity contribution is 0.258. The van der Waals surface area contributed by atoms with E-state index >= 15 is 0 Å². The molecule has 1 amide bonds. The summed E-state index contributed by atoms with van der Waals surface area (Å²) in [5.74, 6) is -0.554. The summed E-state index contributed by atoms with van der Waals surface area (Å²) in [6.45, 7) is 0.511. The normalized spacial score (nSPS) is 28.2. The van der Waals surface area contributed by atoms with Gasteiger partial charge in [0, 0.05) is 12.6 Å². The standard InChI is InChI=1S/C6H10BN3OS/c7-6(11)10-4-1-3(2-8)9-5(4)12/h3-4H,1-2,8H2,(H,9,12)(H,10,11)/t3-,4-/m1/s1. The zero-order chi connectivity index (χ0) is 9.14. The summed E-state index contributed by atoms with van der Waals surface area (Å²) >= 11 is 4.97. The lowest BCUT2D eigenvalue weighted by atomic mass is 10.1. The van der Waals surface area contributed by atoms with Crippen LogP contribution >= 0.6 is 12.2 Å². The molecular weight excluding hydrogens is 173 g/mol. The fraction of sp³-hybridized carbons (Fsp3) is 0.667. The molecule has 1 saturated heterocycles. The molecule has 0 unspecified atom stereocenters. The van der Waals surface area contributed by atoms with E-state index in [0.29, 0.717) is 11.5 Å². The molecule has 0 aromatic rings. The third-order valence-electron chi connectivity index (χ3n) is 1.78. The van der Waals surface area contributed by atoms with Crippen molar-refractivity contribution in [1.29, 1.82) is 0 Å². The number of rotatable bonds is 2. The molecule has 0 bridgehead atoms. The van der Waals surface area contributed by atoms with Crippen LogP contribution in [0, 0.1) is 0 Å². The van der Waals surface area contributed by atoms with E-state index < -0.39 is 5.81 Å². The van der Waals surface area contributed by atoms with Crippen LogP contribution in [0.5, 0.6) is 0 Å². The molecule has 0 aliphatic carbocycles. The van der Waals surface area contributed by atoms with Gasteiger partial charge in [0.1, 0.15) is 0 Å². The Morgan fingerprint density at radius 1 is 1.92 bits per heavy atom. The van der Waals surface area contributed by atoms with Crippen LogP contribution < -0.4 is 16.4 Å². The van der Waals surface area contributed by atoms with E-state index in [1.165, 1.54) is 0 Å². The molecule has 0 saturated carbocycles. The average molecular weight is 183 g/mol. The van der Waals surface area contributed by atoms with Crippen LogP contribution in [-0.4, -0.2) is 37.3 Å². The van der Waals surface area contributed by atoms with Crippen molar-refractivity contribution < 1.29 is 4.79 Å². The van der Waals surface area contributed by atoms with Gasteiger partial charge in [-0.3, -0.25) is 4.79 Å². The Morgan fingerprint density at radius 2 is 2.58 bits per heavy atom. The second kappa shape index (κ2) is 3.86. The number of thiocarbonyl (C=S) groups is 1. The first-order chi connectivity index (χ1) is 5.63. The van der Waals surface area contributed by atoms with Gasteiger partial charge in [0.15, 0.2) is 5.81 Å². The first-order valence-electron chi connectivity index (χ1n) is 3.70. The molecular formula is C6H10BN3OS. The van der Waals surface area contributed by atoms with Crippen molar-refractivity contribution in [3.05, 3.63) is 0 Å². The van der Waals surface area contributed by atoms with Gasteiger partial charge in [-0.2, -0.15) is 0 Å². The molecule has 6 heteroatoms. The second-order valence-electron chi connectivity index (χ2n) is 2.74. The summed E-state index contributed by atoms with van der Waals surface area (Å²) < 4.78 is 0. The van der Waals surface area contributed by atoms with Gasteiger partial charge in [-0.15, -0.1) is 0 Å². The number of amides is 1. The monoisotopic (exact) mass is 183 g/mol. The maximum absolute atomic E-state index is 10.5. The minimum atomic E-state index is -0.554. The van der Waals surface area contributed by atoms with Crippen molar-refractivity contribution in [3.63, 3.8) is 0 Å². The van der Waals surface area contributed by atoms with Crippen LogP contribution in [0.4, 0.5) is 4.79 Å². The average Bonchev–Trinajstić information content (AvgIpc) is 2.31. The number of nitrogens with two attached hydrogens (primary N) is 1. The largest absolute Gasteiger partial charge is 0.374 e. The van der Waals surface area contributed by atoms with Crippen molar-refractivity contribution in [3.8, 4) is 0 Å². The minimum Gasteiger partial charge on any atom is -0.374 e. The highest BCUT2D eigenvalue weighted by molar-refractivity contribution is 7.80. The Bertz CT molecular complexity index is 211. The highest BCUT2D eigenvalue weighted by atomic mass is 32.1. The maximum atomic E-state index is 10.5. The van der Waals surface area contributed by atoms with Crippen LogP contribution in [0.25, 0.3) is 0 Å². The van der Waals surface area contributed by atoms with E-state index in [1.807, 2.05) is 0 Å². The zero-order valence-corrected chi connectivity index (χ0v) is 7.36. The quantitative estimate of drug-likeness (QED) is 0.374. The molecule has 4 nitrogen and oxygen atoms in total. The van der Waals surface area contributed by atoms with E-state index in [0.717, 1.165) is 6.42 Å². The van der Waals surface area contributed by atoms with Gasteiger partial charge >= 0.3 is 0 Å². The Balaban J connectivity index is 2.46. The topological polar surface area (TPSA) is 67.2 Å². The number of carbonyl (C=O) groups is 1.